The van der Waals surface area contributed by atoms with E-state index in [4.69, 9.17) is 61.4 Å². The third kappa shape index (κ3) is 16.5. The van der Waals surface area contributed by atoms with E-state index in [2.05, 4.69) is 93.2 Å². The smallest absolute Gasteiger partial charge is 0.258 e. The topological polar surface area (TPSA) is 259 Å². The Bertz CT molecular complexity index is 6790. The molecule has 3 N–H and O–H groups in total. The van der Waals surface area contributed by atoms with E-state index in [0.29, 0.717) is 106 Å². The van der Waals surface area contributed by atoms with Crippen LogP contribution in [0.15, 0.2) is 191 Å². The van der Waals surface area contributed by atoms with Gasteiger partial charge < -0.3 is 58.1 Å². The maximum Gasteiger partial charge on any atom is 0.258 e. The summed E-state index contributed by atoms with van der Waals surface area (Å²) >= 11 is 25.6. The molecular weight excluding hydrogens is 1560 g/mol. The van der Waals surface area contributed by atoms with E-state index >= 15 is 0 Å². The van der Waals surface area contributed by atoms with Gasteiger partial charge in [0.15, 0.2) is 22.6 Å². The standard InChI is InChI=1S/2C22H23ClN6O.C21H21ClN6O.C20H19ClN6O/c1-13-8-27(9-14(2)24-13)17-4-5-20-26-19(7-21(30)29(20)12-17)16-6-18(23)22-25-15(3)10-28(22)11-16;1-15-12-28-13-16(10-18(23)22(28)24-15)19-11-21(30)29-14-17(4-5-20(29)25-19)27-7-3-6-26(2)8-9-27;1-13-9-26(6-5-23-13)16-3-4-19-25-18(8-20(29)28(19)12-16)15-7-17(22)21-24-14(2)10-27(21)11-15;1-13-10-26-11-14(8-16(21)20(26)23-13)17-9-19(28)27-12-15(2-3-18(27)24-17)25-6-4-22-5-7-25/h4-7,10-14,24H,8-9H2,1-3H3;4-5,10-14H,3,6-9H2,1-2H3;3-4,7-8,10-13,23H,5-6,9H2,1-2H3;2-3,8-12,22H,4-7H2,1H3/t13-,14+;;13-;/m..1./s1. The average molecular weight is 1650 g/mol. The molecule has 32 heteroatoms. The van der Waals surface area contributed by atoms with Gasteiger partial charge in [-0.15, -0.1) is 0 Å². The normalized spacial score (nSPS) is 16.9. The summed E-state index contributed by atoms with van der Waals surface area (Å²) in [6.45, 7) is 26.5. The van der Waals surface area contributed by atoms with Crippen LogP contribution in [0.2, 0.25) is 20.1 Å². The third-order valence-electron chi connectivity index (χ3n) is 21.5. The number of aryl methyl sites for hydroxylation is 4. The molecule has 28 nitrogen and oxygen atoms in total. The summed E-state index contributed by atoms with van der Waals surface area (Å²) < 4.78 is 13.9. The van der Waals surface area contributed by atoms with Crippen LogP contribution in [0.25, 0.3) is 90.2 Å². The van der Waals surface area contributed by atoms with E-state index < -0.39 is 0 Å². The Morgan fingerprint density at radius 2 is 0.650 bits per heavy atom. The minimum atomic E-state index is -0.119. The molecule has 0 saturated carbocycles. The Hall–Kier alpha value is -11.6. The number of fused-ring (bicyclic) bond motifs is 8. The lowest BCUT2D eigenvalue weighted by molar-refractivity contribution is 0.360. The van der Waals surface area contributed by atoms with Crippen LogP contribution in [0.4, 0.5) is 22.7 Å². The van der Waals surface area contributed by atoms with Crippen LogP contribution < -0.4 is 57.8 Å². The van der Waals surface area contributed by atoms with Gasteiger partial charge >= 0.3 is 0 Å². The number of nitrogens with zero attached hydrogens (tertiary/aromatic N) is 21. The predicted molar refractivity (Wildman–Crippen MR) is 465 cm³/mol. The average Bonchev–Trinajstić information content (AvgIpc) is 1.77. The first-order valence-electron chi connectivity index (χ1n) is 39.0. The van der Waals surface area contributed by atoms with Crippen LogP contribution in [0, 0.1) is 27.7 Å². The molecule has 3 atom stereocenters. The van der Waals surface area contributed by atoms with E-state index in [1.807, 2.05) is 174 Å². The van der Waals surface area contributed by atoms with Gasteiger partial charge in [-0.05, 0) is 141 Å². The lowest BCUT2D eigenvalue weighted by Crippen LogP contribution is -2.54. The second kappa shape index (κ2) is 32.5. The first-order valence-corrected chi connectivity index (χ1v) is 40.6. The van der Waals surface area contributed by atoms with Crippen LogP contribution in [-0.4, -0.2) is 190 Å². The van der Waals surface area contributed by atoms with Gasteiger partial charge in [-0.25, -0.2) is 39.9 Å². The number of hydrogen-bond donors (Lipinski definition) is 3. The first-order chi connectivity index (χ1) is 56.4. The minimum absolute atomic E-state index is 0.109. The van der Waals surface area contributed by atoms with Crippen molar-refractivity contribution in [2.75, 3.05) is 112 Å². The van der Waals surface area contributed by atoms with Crippen molar-refractivity contribution < 1.29 is 0 Å². The van der Waals surface area contributed by atoms with E-state index in [1.54, 1.807) is 60.1 Å². The van der Waals surface area contributed by atoms with Crippen LogP contribution in [-0.2, 0) is 0 Å². The van der Waals surface area contributed by atoms with Crippen molar-refractivity contribution in [3.63, 3.8) is 0 Å². The van der Waals surface area contributed by atoms with E-state index in [9.17, 15) is 19.2 Å². The van der Waals surface area contributed by atoms with E-state index in [1.165, 1.54) is 0 Å². The van der Waals surface area contributed by atoms with Crippen molar-refractivity contribution in [3.05, 3.63) is 256 Å². The van der Waals surface area contributed by atoms with Crippen LogP contribution in [0.5, 0.6) is 0 Å². The number of nitrogens with one attached hydrogen (secondary N) is 3. The summed E-state index contributed by atoms with van der Waals surface area (Å²) in [5.41, 5.74) is 17.9. The zero-order valence-corrected chi connectivity index (χ0v) is 68.9. The van der Waals surface area contributed by atoms with Crippen molar-refractivity contribution in [1.29, 1.82) is 0 Å². The first kappa shape index (κ1) is 77.9. The van der Waals surface area contributed by atoms with Gasteiger partial charge in [0.2, 0.25) is 0 Å². The number of imidazole rings is 4. The summed E-state index contributed by atoms with van der Waals surface area (Å²) in [4.78, 5) is 99.5. The maximum atomic E-state index is 12.9. The Balaban J connectivity index is 0.000000112. The monoisotopic (exact) mass is 1650 g/mol. The van der Waals surface area contributed by atoms with Gasteiger partial charge in [0.1, 0.15) is 22.6 Å². The quantitative estimate of drug-likeness (QED) is 0.128. The molecule has 0 unspecified atom stereocenters. The number of likely N-dealkylation sites (N-methyl/N-ethyl adjacent to an activating group) is 1. The molecule has 16 aromatic heterocycles. The molecule has 16 aromatic rings. The zero-order valence-electron chi connectivity index (χ0n) is 65.8. The number of halogens is 4. The highest BCUT2D eigenvalue weighted by Crippen LogP contribution is 2.32. The van der Waals surface area contributed by atoms with Crippen molar-refractivity contribution >= 4 is 114 Å². The van der Waals surface area contributed by atoms with Gasteiger partial charge in [-0.1, -0.05) is 46.4 Å². The molecule has 20 heterocycles. The van der Waals surface area contributed by atoms with Gasteiger partial charge in [0, 0.05) is 218 Å². The number of piperazine rings is 3. The highest BCUT2D eigenvalue weighted by molar-refractivity contribution is 6.35. The summed E-state index contributed by atoms with van der Waals surface area (Å²) in [7, 11) is 2.15. The fourth-order valence-corrected chi connectivity index (χ4v) is 16.9. The molecule has 0 spiro atoms. The second-order valence-electron chi connectivity index (χ2n) is 30.7. The number of hydrogen-bond acceptors (Lipinski definition) is 20. The van der Waals surface area contributed by atoms with Gasteiger partial charge in [0.25, 0.3) is 22.2 Å². The Labute approximate surface area is 691 Å². The van der Waals surface area contributed by atoms with Gasteiger partial charge in [-0.3, -0.25) is 36.8 Å². The molecule has 4 aliphatic rings. The molecule has 4 aliphatic heterocycles. The molecule has 4 saturated heterocycles. The molecule has 0 aromatic carbocycles. The molecule has 117 heavy (non-hydrogen) atoms. The number of rotatable bonds is 8. The largest absolute Gasteiger partial charge is 0.369 e. The molecule has 0 radical (unpaired) electrons. The lowest BCUT2D eigenvalue weighted by Gasteiger charge is -2.37. The summed E-state index contributed by atoms with van der Waals surface area (Å²) in [5, 5.41) is 12.4. The van der Waals surface area contributed by atoms with Gasteiger partial charge in [0.05, 0.1) is 88.4 Å². The fraction of sp³-hybridized carbons (Fsp3) is 0.294. The SMILES string of the molecule is Cc1cn2cc(-c3cc(=O)n4cc(N5CCCN(C)CC5)ccc4n3)cc(Cl)c2n1.Cc1cn2cc(-c3cc(=O)n4cc(N5CCNCC5)ccc4n3)cc(Cl)c2n1.Cc1cn2cc(-c3cc(=O)n4cc(N5CCN[C@H](C)C5)ccc4n3)cc(Cl)c2n1.Cc1cn2cc(-c3cc(=O)n4cc(N5C[C@@H](C)N[C@@H](C)C5)ccc4n3)cc(Cl)c2n1. The Morgan fingerprint density at radius 1 is 0.333 bits per heavy atom. The van der Waals surface area contributed by atoms with Crippen molar-refractivity contribution in [3.8, 4) is 45.0 Å². The van der Waals surface area contributed by atoms with E-state index in [-0.39, 0.29) is 22.2 Å². The summed E-state index contributed by atoms with van der Waals surface area (Å²) in [6.07, 6.45) is 23.9. The van der Waals surface area contributed by atoms with Crippen molar-refractivity contribution in [1.82, 2.24) is 95.9 Å². The molecular formula is C85H86Cl4N24O4. The summed E-state index contributed by atoms with van der Waals surface area (Å²) in [5.74, 6) is 0. The molecule has 0 bridgehead atoms. The van der Waals surface area contributed by atoms with E-state index in [0.717, 1.165) is 159 Å². The molecule has 4 fully saturated rings. The summed E-state index contributed by atoms with van der Waals surface area (Å²) in [6, 6.07) is 30.4. The zero-order chi connectivity index (χ0) is 81.2. The highest BCUT2D eigenvalue weighted by atomic mass is 35.5. The lowest BCUT2D eigenvalue weighted by atomic mass is 10.1. The van der Waals surface area contributed by atoms with Crippen LogP contribution in [0.1, 0.15) is 50.0 Å². The van der Waals surface area contributed by atoms with Crippen molar-refractivity contribution in [2.24, 2.45) is 0 Å². The minimum Gasteiger partial charge on any atom is -0.369 e. The third-order valence-corrected chi connectivity index (χ3v) is 22.6. The second-order valence-corrected chi connectivity index (χ2v) is 32.3. The Kier molecular flexibility index (Phi) is 21.6. The molecule has 598 valence electrons. The highest BCUT2D eigenvalue weighted by Gasteiger charge is 2.25. The number of anilines is 4. The molecule has 0 aliphatic carbocycles. The Morgan fingerprint density at radius 3 is 1.00 bits per heavy atom. The number of pyridine rings is 8. The molecule has 0 amide bonds. The van der Waals surface area contributed by atoms with Crippen LogP contribution in [0.3, 0.4) is 0 Å². The van der Waals surface area contributed by atoms with Crippen molar-refractivity contribution in [2.45, 2.75) is 73.0 Å². The van der Waals surface area contributed by atoms with Crippen LogP contribution >= 0.6 is 46.4 Å². The fourth-order valence-electron chi connectivity index (χ4n) is 15.9. The predicted octanol–water partition coefficient (Wildman–Crippen LogP) is 11.4. The number of aromatic nitrogens is 16. The molecule has 20 rings (SSSR count). The van der Waals surface area contributed by atoms with Gasteiger partial charge in [-0.2, -0.15) is 0 Å². The maximum absolute atomic E-state index is 12.9.